The summed E-state index contributed by atoms with van der Waals surface area (Å²) in [6.45, 7) is 2.07. The van der Waals surface area contributed by atoms with Crippen molar-refractivity contribution in [3.8, 4) is 11.1 Å². The average Bonchev–Trinajstić information content (AvgIpc) is 3.19. The Morgan fingerprint density at radius 3 is 2.52 bits per heavy atom. The van der Waals surface area contributed by atoms with Gasteiger partial charge in [0.15, 0.2) is 0 Å². The fraction of sp³-hybridized carbons (Fsp3) is 0.125. The fourth-order valence-corrected chi connectivity index (χ4v) is 3.52. The zero-order valence-electron chi connectivity index (χ0n) is 17.3. The summed E-state index contributed by atoms with van der Waals surface area (Å²) in [6, 6.07) is 16.7. The van der Waals surface area contributed by atoms with Gasteiger partial charge in [-0.25, -0.2) is 4.79 Å². The number of amides is 3. The highest BCUT2D eigenvalue weighted by Crippen LogP contribution is 2.32. The quantitative estimate of drug-likeness (QED) is 0.378. The Kier molecular flexibility index (Phi) is 5.66. The lowest BCUT2D eigenvalue weighted by molar-refractivity contribution is 0.0959. The van der Waals surface area contributed by atoms with E-state index in [4.69, 9.17) is 0 Å². The second-order valence-corrected chi connectivity index (χ2v) is 7.09. The molecule has 31 heavy (non-hydrogen) atoms. The maximum absolute atomic E-state index is 12.4. The number of rotatable bonds is 5. The molecule has 0 unspecified atom stereocenters. The van der Waals surface area contributed by atoms with E-state index in [-0.39, 0.29) is 11.9 Å². The van der Waals surface area contributed by atoms with Crippen LogP contribution in [0, 0.1) is 0 Å². The molecule has 0 saturated heterocycles. The molecule has 2 aromatic heterocycles. The van der Waals surface area contributed by atoms with Crippen LogP contribution in [0.4, 0.5) is 16.2 Å². The molecule has 4 N–H and O–H groups in total. The Balaban J connectivity index is 1.56. The SMILES string of the molecule is CCc1cccc(NC(=O)Nc2ccc(-c3c(C(=O)NC)[nH]c4cnccc34)cc2)c1. The molecule has 0 fully saturated rings. The number of urea groups is 1. The van der Waals surface area contributed by atoms with Gasteiger partial charge in [0.1, 0.15) is 5.69 Å². The normalized spacial score (nSPS) is 10.6. The number of carbonyl (C=O) groups is 2. The number of aromatic amines is 1. The van der Waals surface area contributed by atoms with Gasteiger partial charge >= 0.3 is 6.03 Å². The summed E-state index contributed by atoms with van der Waals surface area (Å²) in [7, 11) is 1.59. The number of nitrogens with one attached hydrogen (secondary N) is 4. The van der Waals surface area contributed by atoms with E-state index in [1.54, 1.807) is 19.4 Å². The molecule has 0 aliphatic carbocycles. The molecule has 7 heteroatoms. The van der Waals surface area contributed by atoms with Crippen molar-refractivity contribution in [1.29, 1.82) is 0 Å². The smallest absolute Gasteiger partial charge is 0.323 e. The molecule has 0 bridgehead atoms. The topological polar surface area (TPSA) is 98.9 Å². The predicted octanol–water partition coefficient (Wildman–Crippen LogP) is 4.80. The lowest BCUT2D eigenvalue weighted by Crippen LogP contribution is -2.19. The summed E-state index contributed by atoms with van der Waals surface area (Å²) >= 11 is 0. The van der Waals surface area contributed by atoms with Crippen LogP contribution < -0.4 is 16.0 Å². The number of fused-ring (bicyclic) bond motifs is 1. The van der Waals surface area contributed by atoms with Crippen LogP contribution in [0.25, 0.3) is 22.0 Å². The van der Waals surface area contributed by atoms with Crippen molar-refractivity contribution in [2.75, 3.05) is 17.7 Å². The van der Waals surface area contributed by atoms with E-state index in [9.17, 15) is 9.59 Å². The molecule has 0 aliphatic rings. The first-order chi connectivity index (χ1) is 15.1. The van der Waals surface area contributed by atoms with Gasteiger partial charge in [-0.1, -0.05) is 31.2 Å². The van der Waals surface area contributed by atoms with E-state index in [2.05, 4.69) is 32.8 Å². The number of hydrogen-bond donors (Lipinski definition) is 4. The summed E-state index contributed by atoms with van der Waals surface area (Å²) in [6.07, 6.45) is 4.29. The van der Waals surface area contributed by atoms with Crippen LogP contribution >= 0.6 is 0 Å². The number of aryl methyl sites for hydroxylation is 1. The fourth-order valence-electron chi connectivity index (χ4n) is 3.52. The van der Waals surface area contributed by atoms with Crippen molar-refractivity contribution in [2.45, 2.75) is 13.3 Å². The maximum Gasteiger partial charge on any atom is 0.323 e. The van der Waals surface area contributed by atoms with E-state index in [0.29, 0.717) is 11.4 Å². The molecule has 2 aromatic carbocycles. The zero-order chi connectivity index (χ0) is 21.8. The summed E-state index contributed by atoms with van der Waals surface area (Å²) < 4.78 is 0. The number of H-pyrrole nitrogens is 1. The molecule has 0 atom stereocenters. The van der Waals surface area contributed by atoms with Gasteiger partial charge in [-0.05, 0) is 47.9 Å². The molecule has 156 valence electrons. The maximum atomic E-state index is 12.4. The van der Waals surface area contributed by atoms with Gasteiger partial charge < -0.3 is 20.9 Å². The largest absolute Gasteiger partial charge is 0.354 e. The Morgan fingerprint density at radius 1 is 1.00 bits per heavy atom. The van der Waals surface area contributed by atoms with Crippen LogP contribution in [0.5, 0.6) is 0 Å². The lowest BCUT2D eigenvalue weighted by atomic mass is 10.0. The number of hydrogen-bond acceptors (Lipinski definition) is 3. The van der Waals surface area contributed by atoms with Crippen molar-refractivity contribution in [3.63, 3.8) is 0 Å². The Labute approximate surface area is 179 Å². The van der Waals surface area contributed by atoms with Crippen molar-refractivity contribution in [2.24, 2.45) is 0 Å². The van der Waals surface area contributed by atoms with Crippen molar-refractivity contribution in [1.82, 2.24) is 15.3 Å². The molecule has 7 nitrogen and oxygen atoms in total. The average molecular weight is 413 g/mol. The van der Waals surface area contributed by atoms with Crippen molar-refractivity contribution >= 4 is 34.2 Å². The molecule has 0 saturated carbocycles. The Hall–Kier alpha value is -4.13. The highest BCUT2D eigenvalue weighted by Gasteiger charge is 2.18. The first-order valence-corrected chi connectivity index (χ1v) is 10.0. The third kappa shape index (κ3) is 4.25. The second kappa shape index (κ2) is 8.71. The molecule has 0 aliphatic heterocycles. The van der Waals surface area contributed by atoms with Crippen molar-refractivity contribution < 1.29 is 9.59 Å². The third-order valence-electron chi connectivity index (χ3n) is 5.08. The molecular weight excluding hydrogens is 390 g/mol. The van der Waals surface area contributed by atoms with E-state index in [1.807, 2.05) is 54.6 Å². The van der Waals surface area contributed by atoms with Crippen LogP contribution in [0.2, 0.25) is 0 Å². The minimum Gasteiger partial charge on any atom is -0.354 e. The first-order valence-electron chi connectivity index (χ1n) is 10.0. The van der Waals surface area contributed by atoms with Gasteiger partial charge in [0.25, 0.3) is 5.91 Å². The standard InChI is InChI=1S/C24H23N5O2/c1-3-15-5-4-6-18(13-15)28-24(31)27-17-9-7-16(8-10-17)21-19-11-12-26-14-20(19)29-22(21)23(30)25-2/h4-14,29H,3H2,1-2H3,(H,25,30)(H2,27,28,31). The number of pyridine rings is 1. The van der Waals surface area contributed by atoms with E-state index >= 15 is 0 Å². The number of benzene rings is 2. The number of anilines is 2. The van der Waals surface area contributed by atoms with E-state index in [0.717, 1.165) is 39.7 Å². The monoisotopic (exact) mass is 413 g/mol. The Bertz CT molecular complexity index is 1240. The summed E-state index contributed by atoms with van der Waals surface area (Å²) in [4.78, 5) is 32.0. The zero-order valence-corrected chi connectivity index (χ0v) is 17.3. The van der Waals surface area contributed by atoms with Gasteiger partial charge in [0, 0.05) is 35.6 Å². The number of aromatic nitrogens is 2. The molecule has 2 heterocycles. The molecule has 4 aromatic rings. The minimum absolute atomic E-state index is 0.206. The summed E-state index contributed by atoms with van der Waals surface area (Å²) in [5.41, 5.74) is 5.46. The Morgan fingerprint density at radius 2 is 1.77 bits per heavy atom. The van der Waals surface area contributed by atoms with E-state index < -0.39 is 0 Å². The van der Waals surface area contributed by atoms with Gasteiger partial charge in [0.05, 0.1) is 11.7 Å². The lowest BCUT2D eigenvalue weighted by Gasteiger charge is -2.10. The predicted molar refractivity (Wildman–Crippen MR) is 123 cm³/mol. The molecule has 4 rings (SSSR count). The van der Waals surface area contributed by atoms with Gasteiger partial charge in [-0.3, -0.25) is 9.78 Å². The first kappa shape index (κ1) is 20.2. The highest BCUT2D eigenvalue weighted by molar-refractivity contribution is 6.09. The van der Waals surface area contributed by atoms with Crippen LogP contribution in [-0.4, -0.2) is 29.0 Å². The molecule has 3 amide bonds. The van der Waals surface area contributed by atoms with Gasteiger partial charge in [-0.2, -0.15) is 0 Å². The minimum atomic E-state index is -0.315. The van der Waals surface area contributed by atoms with Crippen LogP contribution in [-0.2, 0) is 6.42 Å². The molecule has 0 spiro atoms. The van der Waals surface area contributed by atoms with Crippen LogP contribution in [0.15, 0.2) is 67.0 Å². The number of carbonyl (C=O) groups excluding carboxylic acids is 2. The third-order valence-corrected chi connectivity index (χ3v) is 5.08. The van der Waals surface area contributed by atoms with Gasteiger partial charge in [-0.15, -0.1) is 0 Å². The molecule has 0 radical (unpaired) electrons. The van der Waals surface area contributed by atoms with Crippen LogP contribution in [0.3, 0.4) is 0 Å². The highest BCUT2D eigenvalue weighted by atomic mass is 16.2. The number of nitrogens with zero attached hydrogens (tertiary/aromatic N) is 1. The van der Waals surface area contributed by atoms with Crippen molar-refractivity contribution in [3.05, 3.63) is 78.2 Å². The van der Waals surface area contributed by atoms with E-state index in [1.165, 1.54) is 0 Å². The summed E-state index contributed by atoms with van der Waals surface area (Å²) in [5, 5.41) is 9.26. The molecular formula is C24H23N5O2. The summed E-state index contributed by atoms with van der Waals surface area (Å²) in [5.74, 6) is -0.206. The second-order valence-electron chi connectivity index (χ2n) is 7.09. The van der Waals surface area contributed by atoms with Gasteiger partial charge in [0.2, 0.25) is 0 Å². The van der Waals surface area contributed by atoms with Crippen LogP contribution in [0.1, 0.15) is 23.0 Å².